The Morgan fingerprint density at radius 3 is 2.80 bits per heavy atom. The third-order valence-electron chi connectivity index (χ3n) is 5.15. The summed E-state index contributed by atoms with van der Waals surface area (Å²) in [7, 11) is 1.89. The minimum Gasteiger partial charge on any atom is -0.385 e. The molecule has 25 heavy (non-hydrogen) atoms. The Kier molecular flexibility index (Phi) is 5.53. The number of likely N-dealkylation sites (tertiary alicyclic amines) is 1. The van der Waals surface area contributed by atoms with Crippen molar-refractivity contribution in [3.63, 3.8) is 0 Å². The molecular weight excluding hydrogens is 314 g/mol. The van der Waals surface area contributed by atoms with Gasteiger partial charge in [0.25, 0.3) is 0 Å². The number of imidazole rings is 1. The Balaban J connectivity index is 1.62. The highest BCUT2D eigenvalue weighted by Crippen LogP contribution is 2.29. The molecule has 2 heterocycles. The molecule has 3 atom stereocenters. The number of carbonyl (C=O) groups excluding carboxylic acids is 1. The third kappa shape index (κ3) is 4.10. The second kappa shape index (κ2) is 7.83. The van der Waals surface area contributed by atoms with E-state index in [0.717, 1.165) is 25.8 Å². The van der Waals surface area contributed by atoms with Gasteiger partial charge in [-0.25, -0.2) is 4.98 Å². The van der Waals surface area contributed by atoms with Gasteiger partial charge in [-0.15, -0.1) is 0 Å². The van der Waals surface area contributed by atoms with Crippen molar-refractivity contribution in [3.05, 3.63) is 54.1 Å². The summed E-state index contributed by atoms with van der Waals surface area (Å²) in [5, 5.41) is 10.7. The van der Waals surface area contributed by atoms with E-state index in [1.54, 1.807) is 6.20 Å². The number of hydrogen-bond donors (Lipinski definition) is 1. The number of aryl methyl sites for hydroxylation is 1. The van der Waals surface area contributed by atoms with Crippen molar-refractivity contribution in [3.8, 4) is 0 Å². The van der Waals surface area contributed by atoms with E-state index in [-0.39, 0.29) is 17.7 Å². The molecule has 1 amide bonds. The zero-order chi connectivity index (χ0) is 17.8. The van der Waals surface area contributed by atoms with E-state index in [1.165, 1.54) is 5.56 Å². The predicted molar refractivity (Wildman–Crippen MR) is 96.8 cm³/mol. The molecule has 2 aromatic rings. The van der Waals surface area contributed by atoms with E-state index >= 15 is 0 Å². The maximum atomic E-state index is 12.8. The minimum absolute atomic E-state index is 0.0442. The van der Waals surface area contributed by atoms with Gasteiger partial charge < -0.3 is 14.6 Å². The summed E-state index contributed by atoms with van der Waals surface area (Å²) in [6.45, 7) is 3.38. The molecule has 1 aromatic carbocycles. The fourth-order valence-electron chi connectivity index (χ4n) is 3.71. The van der Waals surface area contributed by atoms with E-state index in [2.05, 4.69) is 17.1 Å². The summed E-state index contributed by atoms with van der Waals surface area (Å²) in [4.78, 5) is 19.0. The van der Waals surface area contributed by atoms with Crippen molar-refractivity contribution in [2.45, 2.75) is 32.3 Å². The van der Waals surface area contributed by atoms with E-state index in [9.17, 15) is 9.90 Å². The second-order valence-electron chi connectivity index (χ2n) is 7.12. The highest BCUT2D eigenvalue weighted by atomic mass is 16.3. The molecule has 1 aliphatic heterocycles. The molecular formula is C20H27N3O2. The predicted octanol–water partition coefficient (Wildman–Crippen LogP) is 2.57. The average Bonchev–Trinajstić information content (AvgIpc) is 3.07. The fraction of sp³-hybridized carbons (Fsp3) is 0.500. The molecule has 1 aromatic heterocycles. The first-order chi connectivity index (χ1) is 12.1. The van der Waals surface area contributed by atoms with Gasteiger partial charge in [0.2, 0.25) is 5.91 Å². The molecule has 0 aliphatic carbocycles. The van der Waals surface area contributed by atoms with Crippen LogP contribution in [-0.2, 0) is 18.3 Å². The lowest BCUT2D eigenvalue weighted by molar-refractivity contribution is -0.137. The van der Waals surface area contributed by atoms with Crippen LogP contribution in [-0.4, -0.2) is 38.6 Å². The summed E-state index contributed by atoms with van der Waals surface area (Å²) < 4.78 is 1.85. The molecule has 5 nitrogen and oxygen atoms in total. The standard InChI is InChI=1S/C20H27N3O2/c1-15(13-16-7-4-3-5-8-16)20(25)23-11-6-9-17(14-23)18(24)19-21-10-12-22(19)2/h3-5,7-8,10,12,15,17-18,24H,6,9,11,13-14H2,1-2H3. The number of amides is 1. The van der Waals surface area contributed by atoms with Crippen LogP contribution in [0.15, 0.2) is 42.7 Å². The Morgan fingerprint density at radius 1 is 1.36 bits per heavy atom. The van der Waals surface area contributed by atoms with Crippen molar-refractivity contribution in [1.29, 1.82) is 0 Å². The normalized spacial score (nSPS) is 20.3. The average molecular weight is 341 g/mol. The molecule has 0 spiro atoms. The molecule has 5 heteroatoms. The lowest BCUT2D eigenvalue weighted by Gasteiger charge is -2.36. The van der Waals surface area contributed by atoms with Gasteiger partial charge in [-0.05, 0) is 24.8 Å². The third-order valence-corrected chi connectivity index (χ3v) is 5.15. The van der Waals surface area contributed by atoms with Crippen LogP contribution in [0.5, 0.6) is 0 Å². The molecule has 0 saturated carbocycles. The van der Waals surface area contributed by atoms with E-state index in [0.29, 0.717) is 12.4 Å². The zero-order valence-corrected chi connectivity index (χ0v) is 15.0. The lowest BCUT2D eigenvalue weighted by atomic mass is 9.90. The van der Waals surface area contributed by atoms with Crippen LogP contribution in [0.4, 0.5) is 0 Å². The molecule has 0 bridgehead atoms. The number of carbonyl (C=O) groups is 1. The number of aliphatic hydroxyl groups excluding tert-OH is 1. The Bertz CT molecular complexity index is 698. The number of rotatable bonds is 5. The molecule has 1 N–H and O–H groups in total. The van der Waals surface area contributed by atoms with Crippen molar-refractivity contribution in [2.24, 2.45) is 18.9 Å². The first-order valence-electron chi connectivity index (χ1n) is 9.04. The van der Waals surface area contributed by atoms with Crippen LogP contribution < -0.4 is 0 Å². The molecule has 134 valence electrons. The van der Waals surface area contributed by atoms with Crippen molar-refractivity contribution in [2.75, 3.05) is 13.1 Å². The molecule has 1 aliphatic rings. The molecule has 3 rings (SSSR count). The molecule has 1 fully saturated rings. The van der Waals surface area contributed by atoms with Crippen LogP contribution >= 0.6 is 0 Å². The Morgan fingerprint density at radius 2 is 2.12 bits per heavy atom. The number of piperidine rings is 1. The summed E-state index contributed by atoms with van der Waals surface area (Å²) >= 11 is 0. The van der Waals surface area contributed by atoms with Gasteiger partial charge in [0.1, 0.15) is 11.9 Å². The van der Waals surface area contributed by atoms with Crippen LogP contribution in [0.1, 0.15) is 37.3 Å². The number of nitrogens with zero attached hydrogens (tertiary/aromatic N) is 3. The van der Waals surface area contributed by atoms with Gasteiger partial charge in [-0.1, -0.05) is 37.3 Å². The molecule has 1 saturated heterocycles. The summed E-state index contributed by atoms with van der Waals surface area (Å²) in [5.74, 6) is 0.853. The lowest BCUT2D eigenvalue weighted by Crippen LogP contribution is -2.44. The van der Waals surface area contributed by atoms with E-state index < -0.39 is 6.10 Å². The quantitative estimate of drug-likeness (QED) is 0.909. The minimum atomic E-state index is -0.625. The van der Waals surface area contributed by atoms with Gasteiger partial charge in [0, 0.05) is 44.4 Å². The second-order valence-corrected chi connectivity index (χ2v) is 7.12. The molecule has 0 radical (unpaired) electrons. The van der Waals surface area contributed by atoms with Gasteiger partial charge in [-0.3, -0.25) is 4.79 Å². The summed E-state index contributed by atoms with van der Waals surface area (Å²) in [6, 6.07) is 10.1. The van der Waals surface area contributed by atoms with Crippen molar-refractivity contribution < 1.29 is 9.90 Å². The maximum Gasteiger partial charge on any atom is 0.225 e. The highest BCUT2D eigenvalue weighted by Gasteiger charge is 2.32. The van der Waals surface area contributed by atoms with E-state index in [4.69, 9.17) is 0 Å². The summed E-state index contributed by atoms with van der Waals surface area (Å²) in [5.41, 5.74) is 1.19. The molecule has 3 unspecified atom stereocenters. The SMILES string of the molecule is CC(Cc1ccccc1)C(=O)N1CCCC(C(O)c2nccn2C)C1. The largest absolute Gasteiger partial charge is 0.385 e. The highest BCUT2D eigenvalue weighted by molar-refractivity contribution is 5.79. The van der Waals surface area contributed by atoms with Crippen LogP contribution in [0.3, 0.4) is 0 Å². The first kappa shape index (κ1) is 17.7. The zero-order valence-electron chi connectivity index (χ0n) is 15.0. The van der Waals surface area contributed by atoms with E-state index in [1.807, 2.05) is 47.8 Å². The number of aliphatic hydroxyl groups is 1. The van der Waals surface area contributed by atoms with Crippen LogP contribution in [0.25, 0.3) is 0 Å². The first-order valence-corrected chi connectivity index (χ1v) is 9.04. The smallest absolute Gasteiger partial charge is 0.225 e. The van der Waals surface area contributed by atoms with Crippen LogP contribution in [0.2, 0.25) is 0 Å². The van der Waals surface area contributed by atoms with Gasteiger partial charge >= 0.3 is 0 Å². The summed E-state index contributed by atoms with van der Waals surface area (Å²) in [6.07, 6.45) is 5.52. The van der Waals surface area contributed by atoms with Gasteiger partial charge in [0.15, 0.2) is 0 Å². The Labute approximate surface area is 149 Å². The maximum absolute atomic E-state index is 12.8. The number of hydrogen-bond acceptors (Lipinski definition) is 3. The number of benzene rings is 1. The van der Waals surface area contributed by atoms with Crippen molar-refractivity contribution >= 4 is 5.91 Å². The monoisotopic (exact) mass is 341 g/mol. The Hall–Kier alpha value is -2.14. The topological polar surface area (TPSA) is 58.4 Å². The van der Waals surface area contributed by atoms with Crippen molar-refractivity contribution in [1.82, 2.24) is 14.5 Å². The van der Waals surface area contributed by atoms with Gasteiger partial charge in [0.05, 0.1) is 0 Å². The number of aromatic nitrogens is 2. The van der Waals surface area contributed by atoms with Gasteiger partial charge in [-0.2, -0.15) is 0 Å². The fourth-order valence-corrected chi connectivity index (χ4v) is 3.71. The van der Waals surface area contributed by atoms with Crippen LogP contribution in [0, 0.1) is 11.8 Å².